The highest BCUT2D eigenvalue weighted by atomic mass is 16.2. The summed E-state index contributed by atoms with van der Waals surface area (Å²) in [5.74, 6) is 0.240. The second kappa shape index (κ2) is 6.00. The van der Waals surface area contributed by atoms with Crippen molar-refractivity contribution in [1.29, 1.82) is 0 Å². The number of amides is 1. The maximum absolute atomic E-state index is 13.0. The molecule has 2 aromatic rings. The third kappa shape index (κ3) is 2.55. The molecule has 1 aromatic heterocycles. The van der Waals surface area contributed by atoms with E-state index in [4.69, 9.17) is 0 Å². The first-order valence-electron chi connectivity index (χ1n) is 8.88. The van der Waals surface area contributed by atoms with Gasteiger partial charge in [0.25, 0.3) is 0 Å². The molecule has 1 aromatic carbocycles. The molecule has 4 rings (SSSR count). The molecule has 0 atom stereocenters. The topological polar surface area (TPSA) is 48.1 Å². The average Bonchev–Trinajstić information content (AvgIpc) is 3.33. The lowest BCUT2D eigenvalue weighted by Gasteiger charge is -2.37. The predicted octanol–water partition coefficient (Wildman–Crippen LogP) is 3.19. The van der Waals surface area contributed by atoms with Crippen molar-refractivity contribution in [3.8, 4) is 0 Å². The molecule has 2 fully saturated rings. The number of carbonyl (C=O) groups is 1. The lowest BCUT2D eigenvalue weighted by molar-refractivity contribution is -0.133. The number of benzene rings is 1. The molecule has 1 amide bonds. The Balaban J connectivity index is 1.51. The zero-order valence-corrected chi connectivity index (χ0v) is 13.6. The fraction of sp³-hybridized carbons (Fsp3) is 0.526. The Morgan fingerprint density at radius 3 is 2.70 bits per heavy atom. The van der Waals surface area contributed by atoms with Gasteiger partial charge in [-0.1, -0.05) is 25.0 Å². The molecular formula is C19H25N3O. The summed E-state index contributed by atoms with van der Waals surface area (Å²) in [5.41, 5.74) is 2.08. The zero-order chi connectivity index (χ0) is 15.7. The first kappa shape index (κ1) is 14.8. The van der Waals surface area contributed by atoms with Crippen LogP contribution in [0.15, 0.2) is 30.5 Å². The molecule has 2 N–H and O–H groups in total. The maximum atomic E-state index is 13.0. The van der Waals surface area contributed by atoms with Crippen molar-refractivity contribution in [2.24, 2.45) is 0 Å². The van der Waals surface area contributed by atoms with Crippen LogP contribution in [0.2, 0.25) is 0 Å². The lowest BCUT2D eigenvalue weighted by Crippen LogP contribution is -2.56. The number of rotatable bonds is 4. The summed E-state index contributed by atoms with van der Waals surface area (Å²) < 4.78 is 0. The highest BCUT2D eigenvalue weighted by molar-refractivity contribution is 5.88. The third-order valence-electron chi connectivity index (χ3n) is 5.69. The molecule has 0 spiro atoms. The van der Waals surface area contributed by atoms with E-state index in [1.165, 1.54) is 36.6 Å². The Bertz CT molecular complexity index is 693. The minimum absolute atomic E-state index is 0.234. The third-order valence-corrected chi connectivity index (χ3v) is 5.69. The quantitative estimate of drug-likeness (QED) is 0.911. The van der Waals surface area contributed by atoms with Crippen LogP contribution in [-0.2, 0) is 11.3 Å². The van der Waals surface area contributed by atoms with E-state index in [0.29, 0.717) is 6.54 Å². The standard InChI is InChI=1S/C19H25N3O/c23-18(19(9-1-2-10-19)22-12-3-4-13-22)21-14-15-6-5-7-17-16(15)8-11-20-17/h5-8,11,20H,1-4,9-10,12-14H2,(H,21,23). The summed E-state index contributed by atoms with van der Waals surface area (Å²) in [4.78, 5) is 18.7. The highest BCUT2D eigenvalue weighted by Gasteiger charge is 2.46. The summed E-state index contributed by atoms with van der Waals surface area (Å²) >= 11 is 0. The van der Waals surface area contributed by atoms with E-state index in [0.717, 1.165) is 31.4 Å². The molecule has 23 heavy (non-hydrogen) atoms. The number of nitrogens with zero attached hydrogens (tertiary/aromatic N) is 1. The van der Waals surface area contributed by atoms with E-state index in [2.05, 4.69) is 33.4 Å². The summed E-state index contributed by atoms with van der Waals surface area (Å²) in [6.45, 7) is 2.78. The van der Waals surface area contributed by atoms with Gasteiger partial charge in [0.2, 0.25) is 5.91 Å². The molecular weight excluding hydrogens is 286 g/mol. The van der Waals surface area contributed by atoms with Crippen molar-refractivity contribution in [3.63, 3.8) is 0 Å². The second-order valence-electron chi connectivity index (χ2n) is 6.97. The number of hydrogen-bond donors (Lipinski definition) is 2. The maximum Gasteiger partial charge on any atom is 0.240 e. The highest BCUT2D eigenvalue weighted by Crippen LogP contribution is 2.37. The van der Waals surface area contributed by atoms with Gasteiger partial charge >= 0.3 is 0 Å². The summed E-state index contributed by atoms with van der Waals surface area (Å²) in [7, 11) is 0. The minimum Gasteiger partial charge on any atom is -0.361 e. The van der Waals surface area contributed by atoms with Gasteiger partial charge in [-0.15, -0.1) is 0 Å². The van der Waals surface area contributed by atoms with E-state index >= 15 is 0 Å². The molecule has 4 heteroatoms. The Hall–Kier alpha value is -1.81. The van der Waals surface area contributed by atoms with Gasteiger partial charge in [0.1, 0.15) is 5.54 Å². The van der Waals surface area contributed by atoms with Crippen LogP contribution in [0.4, 0.5) is 0 Å². The van der Waals surface area contributed by atoms with Gasteiger partial charge in [-0.05, 0) is 56.5 Å². The number of nitrogens with one attached hydrogen (secondary N) is 2. The minimum atomic E-state index is -0.234. The molecule has 1 aliphatic carbocycles. The molecule has 0 radical (unpaired) electrons. The van der Waals surface area contributed by atoms with Crippen molar-refractivity contribution >= 4 is 16.8 Å². The summed E-state index contributed by atoms with van der Waals surface area (Å²) in [6, 6.07) is 8.31. The first-order valence-corrected chi connectivity index (χ1v) is 8.88. The van der Waals surface area contributed by atoms with Crippen LogP contribution in [0.5, 0.6) is 0 Å². The van der Waals surface area contributed by atoms with Gasteiger partial charge in [0.15, 0.2) is 0 Å². The van der Waals surface area contributed by atoms with Crippen molar-refractivity contribution < 1.29 is 4.79 Å². The number of H-pyrrole nitrogens is 1. The van der Waals surface area contributed by atoms with Crippen LogP contribution in [0.1, 0.15) is 44.1 Å². The molecule has 2 heterocycles. The van der Waals surface area contributed by atoms with Crippen molar-refractivity contribution in [1.82, 2.24) is 15.2 Å². The summed E-state index contributed by atoms with van der Waals surface area (Å²) in [6.07, 6.45) is 8.82. The number of likely N-dealkylation sites (tertiary alicyclic amines) is 1. The Kier molecular flexibility index (Phi) is 3.85. The molecule has 4 nitrogen and oxygen atoms in total. The smallest absolute Gasteiger partial charge is 0.240 e. The van der Waals surface area contributed by atoms with Crippen molar-refractivity contribution in [2.75, 3.05) is 13.1 Å². The fourth-order valence-electron chi connectivity index (χ4n) is 4.44. The van der Waals surface area contributed by atoms with Gasteiger partial charge in [-0.3, -0.25) is 9.69 Å². The van der Waals surface area contributed by atoms with E-state index < -0.39 is 0 Å². The van der Waals surface area contributed by atoms with Crippen LogP contribution in [-0.4, -0.2) is 34.4 Å². The van der Waals surface area contributed by atoms with Gasteiger partial charge < -0.3 is 10.3 Å². The lowest BCUT2D eigenvalue weighted by atomic mass is 9.94. The molecule has 1 saturated carbocycles. The number of aromatic amines is 1. The SMILES string of the molecule is O=C(NCc1cccc2[nH]ccc12)C1(N2CCCC2)CCCC1. The van der Waals surface area contributed by atoms with Gasteiger partial charge in [-0.2, -0.15) is 0 Å². The monoisotopic (exact) mass is 311 g/mol. The number of fused-ring (bicyclic) bond motifs is 1. The van der Waals surface area contributed by atoms with Gasteiger partial charge in [-0.25, -0.2) is 0 Å². The van der Waals surface area contributed by atoms with Gasteiger partial charge in [0.05, 0.1) is 0 Å². The zero-order valence-electron chi connectivity index (χ0n) is 13.6. The molecule has 0 bridgehead atoms. The van der Waals surface area contributed by atoms with Crippen molar-refractivity contribution in [2.45, 2.75) is 50.6 Å². The van der Waals surface area contributed by atoms with Gasteiger partial charge in [0, 0.05) is 23.6 Å². The average molecular weight is 311 g/mol. The Morgan fingerprint density at radius 2 is 1.91 bits per heavy atom. The number of hydrogen-bond acceptors (Lipinski definition) is 2. The first-order chi connectivity index (χ1) is 11.3. The van der Waals surface area contributed by atoms with Crippen LogP contribution >= 0.6 is 0 Å². The molecule has 2 aliphatic rings. The largest absolute Gasteiger partial charge is 0.361 e. The van der Waals surface area contributed by atoms with E-state index in [1.807, 2.05) is 12.3 Å². The predicted molar refractivity (Wildman–Crippen MR) is 92.2 cm³/mol. The second-order valence-corrected chi connectivity index (χ2v) is 6.97. The van der Waals surface area contributed by atoms with Crippen LogP contribution < -0.4 is 5.32 Å². The van der Waals surface area contributed by atoms with Crippen LogP contribution in [0.25, 0.3) is 10.9 Å². The van der Waals surface area contributed by atoms with E-state index in [9.17, 15) is 4.79 Å². The summed E-state index contributed by atoms with van der Waals surface area (Å²) in [5, 5.41) is 4.45. The number of carbonyl (C=O) groups excluding carboxylic acids is 1. The molecule has 1 aliphatic heterocycles. The van der Waals surface area contributed by atoms with E-state index in [1.54, 1.807) is 0 Å². The molecule has 122 valence electrons. The normalized spacial score (nSPS) is 21.0. The van der Waals surface area contributed by atoms with Crippen molar-refractivity contribution in [3.05, 3.63) is 36.0 Å². The Morgan fingerprint density at radius 1 is 1.13 bits per heavy atom. The van der Waals surface area contributed by atoms with E-state index in [-0.39, 0.29) is 11.4 Å². The van der Waals surface area contributed by atoms with Crippen LogP contribution in [0, 0.1) is 0 Å². The van der Waals surface area contributed by atoms with Crippen LogP contribution in [0.3, 0.4) is 0 Å². The Labute approximate surface area is 137 Å². The molecule has 0 unspecified atom stereocenters. The molecule has 1 saturated heterocycles. The fourth-order valence-corrected chi connectivity index (χ4v) is 4.44. The number of aromatic nitrogens is 1.